The molecule has 156 valence electrons. The maximum Gasteiger partial charge on any atom is 0.251 e. The Morgan fingerprint density at radius 1 is 1.13 bits per heavy atom. The first-order valence-corrected chi connectivity index (χ1v) is 11.3. The van der Waals surface area contributed by atoms with Crippen molar-refractivity contribution in [2.75, 3.05) is 19.6 Å². The van der Waals surface area contributed by atoms with E-state index >= 15 is 0 Å². The summed E-state index contributed by atoms with van der Waals surface area (Å²) in [6, 6.07) is 8.03. The van der Waals surface area contributed by atoms with Gasteiger partial charge in [0, 0.05) is 54.8 Å². The minimum atomic E-state index is -0.0241. The zero-order valence-electron chi connectivity index (χ0n) is 17.0. The predicted molar refractivity (Wildman–Crippen MR) is 121 cm³/mol. The van der Waals surface area contributed by atoms with Crippen LogP contribution in [0.1, 0.15) is 12.8 Å². The second-order valence-electron chi connectivity index (χ2n) is 7.87. The largest absolute Gasteiger partial charge is 0.314 e. The fourth-order valence-corrected chi connectivity index (χ4v) is 4.71. The van der Waals surface area contributed by atoms with Crippen LogP contribution in [0.25, 0.3) is 27.9 Å². The number of piperidine rings is 1. The third kappa shape index (κ3) is 4.02. The lowest BCUT2D eigenvalue weighted by Gasteiger charge is -2.29. The van der Waals surface area contributed by atoms with Gasteiger partial charge in [0.15, 0.2) is 5.65 Å². The van der Waals surface area contributed by atoms with Crippen LogP contribution in [0.5, 0.6) is 0 Å². The summed E-state index contributed by atoms with van der Waals surface area (Å²) < 4.78 is 3.51. The molecule has 0 radical (unpaired) electrons. The van der Waals surface area contributed by atoms with Crippen LogP contribution in [0.4, 0.5) is 0 Å². The fraction of sp³-hybridized carbons (Fsp3) is 0.304. The smallest absolute Gasteiger partial charge is 0.251 e. The van der Waals surface area contributed by atoms with E-state index in [1.807, 2.05) is 30.0 Å². The molecule has 0 bridgehead atoms. The first kappa shape index (κ1) is 19.7. The van der Waals surface area contributed by atoms with Crippen LogP contribution >= 0.6 is 11.3 Å². The van der Waals surface area contributed by atoms with E-state index in [0.717, 1.165) is 60.4 Å². The van der Waals surface area contributed by atoms with Crippen LogP contribution in [-0.2, 0) is 6.54 Å². The summed E-state index contributed by atoms with van der Waals surface area (Å²) >= 11 is 1.65. The third-order valence-electron chi connectivity index (χ3n) is 5.95. The molecular weight excluding hydrogens is 408 g/mol. The van der Waals surface area contributed by atoms with Crippen molar-refractivity contribution < 1.29 is 0 Å². The van der Waals surface area contributed by atoms with Crippen molar-refractivity contribution in [2.24, 2.45) is 5.92 Å². The minimum Gasteiger partial charge on any atom is -0.314 e. The molecule has 5 heterocycles. The summed E-state index contributed by atoms with van der Waals surface area (Å²) in [6.07, 6.45) is 9.22. The van der Waals surface area contributed by atoms with Crippen molar-refractivity contribution >= 4 is 17.0 Å². The number of aromatic nitrogens is 4. The van der Waals surface area contributed by atoms with Crippen LogP contribution in [-0.4, -0.2) is 43.7 Å². The molecule has 1 fully saturated rings. The summed E-state index contributed by atoms with van der Waals surface area (Å²) in [5.74, 6) is 0.181. The third-order valence-corrected chi connectivity index (χ3v) is 6.63. The molecule has 5 rings (SSSR count). The van der Waals surface area contributed by atoms with Crippen LogP contribution in [0.15, 0.2) is 58.5 Å². The van der Waals surface area contributed by atoms with Crippen molar-refractivity contribution in [3.05, 3.63) is 64.1 Å². The highest BCUT2D eigenvalue weighted by Crippen LogP contribution is 2.26. The highest BCUT2D eigenvalue weighted by Gasteiger charge is 2.18. The SMILES string of the molecule is N#CC1CCN(CCn2ccc(-c3cnc4c(-c5ccsc5)cnn4c3)cc2=O)CC1. The van der Waals surface area contributed by atoms with Crippen LogP contribution in [0.3, 0.4) is 0 Å². The summed E-state index contributed by atoms with van der Waals surface area (Å²) in [6.45, 7) is 3.32. The number of pyridine rings is 1. The fourth-order valence-electron chi connectivity index (χ4n) is 4.05. The second kappa shape index (κ2) is 8.46. The Labute approximate surface area is 183 Å². The molecule has 1 aliphatic rings. The molecule has 0 saturated carbocycles. The zero-order valence-corrected chi connectivity index (χ0v) is 17.8. The van der Waals surface area contributed by atoms with Gasteiger partial charge in [-0.3, -0.25) is 4.79 Å². The van der Waals surface area contributed by atoms with Crippen molar-refractivity contribution in [3.8, 4) is 28.3 Å². The van der Waals surface area contributed by atoms with Gasteiger partial charge >= 0.3 is 0 Å². The molecule has 0 aliphatic carbocycles. The average molecular weight is 431 g/mol. The van der Waals surface area contributed by atoms with E-state index in [2.05, 4.69) is 32.5 Å². The normalized spacial score (nSPS) is 15.3. The average Bonchev–Trinajstić information content (AvgIpc) is 3.48. The second-order valence-corrected chi connectivity index (χ2v) is 8.65. The van der Waals surface area contributed by atoms with Gasteiger partial charge in [0.1, 0.15) is 0 Å². The number of rotatable bonds is 5. The molecular formula is C23H22N6OS. The number of likely N-dealkylation sites (tertiary alicyclic amines) is 1. The number of hydrogen-bond donors (Lipinski definition) is 0. The highest BCUT2D eigenvalue weighted by molar-refractivity contribution is 7.08. The standard InChI is InChI=1S/C23H22N6OS/c24-12-17-1-5-27(6-2-17)8-9-28-7-3-18(11-22(28)30)20-13-25-23-21(14-26-29(23)15-20)19-4-10-31-16-19/h3-4,7,10-11,13-17H,1-2,5-6,8-9H2. The van der Waals surface area contributed by atoms with Gasteiger partial charge in [-0.15, -0.1) is 0 Å². The number of hydrogen-bond acceptors (Lipinski definition) is 6. The number of nitrogens with zero attached hydrogens (tertiary/aromatic N) is 6. The van der Waals surface area contributed by atoms with Gasteiger partial charge in [-0.25, -0.2) is 9.50 Å². The van der Waals surface area contributed by atoms with Crippen molar-refractivity contribution in [1.82, 2.24) is 24.1 Å². The lowest BCUT2D eigenvalue weighted by Crippen LogP contribution is -2.36. The Balaban J connectivity index is 1.31. The van der Waals surface area contributed by atoms with E-state index < -0.39 is 0 Å². The van der Waals surface area contributed by atoms with Gasteiger partial charge in [-0.05, 0) is 60.0 Å². The Bertz CT molecular complexity index is 1290. The summed E-state index contributed by atoms with van der Waals surface area (Å²) in [5, 5.41) is 17.6. The Morgan fingerprint density at radius 3 is 2.74 bits per heavy atom. The summed E-state index contributed by atoms with van der Waals surface area (Å²) in [5.41, 5.74) is 4.58. The minimum absolute atomic E-state index is 0.0241. The Hall–Kier alpha value is -3.28. The molecule has 0 aromatic carbocycles. The number of thiophene rings is 1. The Kier molecular flexibility index (Phi) is 5.37. The maximum absolute atomic E-state index is 12.7. The molecule has 7 nitrogen and oxygen atoms in total. The predicted octanol–water partition coefficient (Wildman–Crippen LogP) is 3.52. The van der Waals surface area contributed by atoms with Gasteiger partial charge in [-0.1, -0.05) is 0 Å². The number of nitriles is 1. The summed E-state index contributed by atoms with van der Waals surface area (Å²) in [7, 11) is 0. The van der Waals surface area contributed by atoms with Crippen molar-refractivity contribution in [2.45, 2.75) is 19.4 Å². The molecule has 0 spiro atoms. The van der Waals surface area contributed by atoms with Gasteiger partial charge in [0.25, 0.3) is 5.56 Å². The van der Waals surface area contributed by atoms with E-state index in [1.54, 1.807) is 32.7 Å². The first-order chi connectivity index (χ1) is 15.2. The van der Waals surface area contributed by atoms with E-state index in [4.69, 9.17) is 5.26 Å². The monoisotopic (exact) mass is 430 g/mol. The quantitative estimate of drug-likeness (QED) is 0.484. The Morgan fingerprint density at radius 2 is 2.00 bits per heavy atom. The van der Waals surface area contributed by atoms with Gasteiger partial charge in [0.2, 0.25) is 0 Å². The van der Waals surface area contributed by atoms with Crippen LogP contribution in [0, 0.1) is 17.2 Å². The van der Waals surface area contributed by atoms with E-state index in [9.17, 15) is 4.79 Å². The van der Waals surface area contributed by atoms with E-state index in [0.29, 0.717) is 6.54 Å². The molecule has 0 amide bonds. The van der Waals surface area contributed by atoms with Crippen molar-refractivity contribution in [3.63, 3.8) is 0 Å². The molecule has 31 heavy (non-hydrogen) atoms. The topological polar surface area (TPSA) is 79.2 Å². The van der Waals surface area contributed by atoms with E-state index in [-0.39, 0.29) is 11.5 Å². The van der Waals surface area contributed by atoms with E-state index in [1.165, 1.54) is 0 Å². The molecule has 4 aromatic rings. The van der Waals surface area contributed by atoms with Crippen LogP contribution in [0.2, 0.25) is 0 Å². The molecule has 0 unspecified atom stereocenters. The van der Waals surface area contributed by atoms with Crippen LogP contribution < -0.4 is 5.56 Å². The molecule has 8 heteroatoms. The molecule has 0 N–H and O–H groups in total. The summed E-state index contributed by atoms with van der Waals surface area (Å²) in [4.78, 5) is 19.6. The first-order valence-electron chi connectivity index (χ1n) is 10.4. The molecule has 1 saturated heterocycles. The van der Waals surface area contributed by atoms with Crippen molar-refractivity contribution in [1.29, 1.82) is 5.26 Å². The lowest BCUT2D eigenvalue weighted by molar-refractivity contribution is 0.198. The molecule has 1 aliphatic heterocycles. The van der Waals surface area contributed by atoms with Gasteiger partial charge in [-0.2, -0.15) is 21.7 Å². The van der Waals surface area contributed by atoms with Gasteiger partial charge < -0.3 is 9.47 Å². The zero-order chi connectivity index (χ0) is 21.2. The molecule has 4 aromatic heterocycles. The highest BCUT2D eigenvalue weighted by atomic mass is 32.1. The number of fused-ring (bicyclic) bond motifs is 1. The van der Waals surface area contributed by atoms with Gasteiger partial charge in [0.05, 0.1) is 12.3 Å². The molecule has 0 atom stereocenters. The maximum atomic E-state index is 12.7. The lowest BCUT2D eigenvalue weighted by atomic mass is 9.99.